The number of carbonyl (C=O) groups is 1. The number of ether oxygens (including phenoxy) is 2. The zero-order valence-corrected chi connectivity index (χ0v) is 19.0. The Morgan fingerprint density at radius 3 is 2.74 bits per heavy atom. The smallest absolute Gasteiger partial charge is 0.256 e. The molecule has 0 saturated heterocycles. The van der Waals surface area contributed by atoms with Crippen molar-refractivity contribution in [2.24, 2.45) is 0 Å². The second-order valence-corrected chi connectivity index (χ2v) is 10.0. The SMILES string of the molecule is Cc1nc(CSc2ccccc2C(=O)Nc2ccc3c(c2)OC2(CCCCC2)O3)cs1. The van der Waals surface area contributed by atoms with E-state index in [0.717, 1.165) is 52.8 Å². The van der Waals surface area contributed by atoms with Crippen LogP contribution in [0.25, 0.3) is 0 Å². The van der Waals surface area contributed by atoms with Gasteiger partial charge in [0.15, 0.2) is 11.5 Å². The number of amides is 1. The van der Waals surface area contributed by atoms with Crippen molar-refractivity contribution in [2.75, 3.05) is 5.32 Å². The molecule has 2 aromatic carbocycles. The molecule has 0 atom stereocenters. The fourth-order valence-electron chi connectivity index (χ4n) is 4.07. The standard InChI is InChI=1S/C24H24N2O3S2/c1-16-25-18(14-30-16)15-31-22-8-4-3-7-19(22)23(27)26-17-9-10-20-21(13-17)29-24(28-20)11-5-2-6-12-24/h3-4,7-10,13-14H,2,5-6,11-12,15H2,1H3,(H,26,27). The molecule has 5 nitrogen and oxygen atoms in total. The summed E-state index contributed by atoms with van der Waals surface area (Å²) in [5, 5.41) is 6.14. The van der Waals surface area contributed by atoms with Crippen molar-refractivity contribution in [3.05, 3.63) is 64.1 Å². The van der Waals surface area contributed by atoms with E-state index in [4.69, 9.17) is 9.47 Å². The van der Waals surface area contributed by atoms with Crippen LogP contribution in [0, 0.1) is 6.92 Å². The van der Waals surface area contributed by atoms with E-state index >= 15 is 0 Å². The highest BCUT2D eigenvalue weighted by molar-refractivity contribution is 7.98. The molecule has 1 aromatic heterocycles. The van der Waals surface area contributed by atoms with E-state index in [2.05, 4.69) is 15.7 Å². The zero-order valence-electron chi connectivity index (χ0n) is 17.3. The molecule has 160 valence electrons. The predicted octanol–water partition coefficient (Wildman–Crippen LogP) is 6.43. The number of carbonyl (C=O) groups excluding carboxylic acids is 1. The second kappa shape index (κ2) is 8.55. The van der Waals surface area contributed by atoms with Gasteiger partial charge in [-0.05, 0) is 44.0 Å². The Labute approximate surface area is 190 Å². The maximum absolute atomic E-state index is 13.0. The van der Waals surface area contributed by atoms with Crippen LogP contribution in [0.5, 0.6) is 11.5 Å². The first-order valence-electron chi connectivity index (χ1n) is 10.6. The fraction of sp³-hybridized carbons (Fsp3) is 0.333. The summed E-state index contributed by atoms with van der Waals surface area (Å²) in [7, 11) is 0. The van der Waals surface area contributed by atoms with Gasteiger partial charge in [0, 0.05) is 40.6 Å². The summed E-state index contributed by atoms with van der Waals surface area (Å²) < 4.78 is 12.3. The number of benzene rings is 2. The Hall–Kier alpha value is -2.51. The predicted molar refractivity (Wildman–Crippen MR) is 124 cm³/mol. The van der Waals surface area contributed by atoms with E-state index in [1.54, 1.807) is 23.1 Å². The minimum absolute atomic E-state index is 0.135. The summed E-state index contributed by atoms with van der Waals surface area (Å²) >= 11 is 3.27. The summed E-state index contributed by atoms with van der Waals surface area (Å²) in [5.41, 5.74) is 2.39. The third-order valence-electron chi connectivity index (χ3n) is 5.58. The molecule has 1 saturated carbocycles. The van der Waals surface area contributed by atoms with Crippen molar-refractivity contribution < 1.29 is 14.3 Å². The van der Waals surface area contributed by atoms with Gasteiger partial charge < -0.3 is 14.8 Å². The van der Waals surface area contributed by atoms with Crippen LogP contribution >= 0.6 is 23.1 Å². The highest BCUT2D eigenvalue weighted by Crippen LogP contribution is 2.46. The number of anilines is 1. The summed E-state index contributed by atoms with van der Waals surface area (Å²) in [4.78, 5) is 18.5. The third-order valence-corrected chi connectivity index (χ3v) is 7.51. The van der Waals surface area contributed by atoms with Crippen LogP contribution in [0.3, 0.4) is 0 Å². The third kappa shape index (κ3) is 4.43. The zero-order chi connectivity index (χ0) is 21.3. The van der Waals surface area contributed by atoms with E-state index in [-0.39, 0.29) is 5.91 Å². The number of thioether (sulfide) groups is 1. The molecule has 0 radical (unpaired) electrons. The van der Waals surface area contributed by atoms with Crippen LogP contribution in [-0.4, -0.2) is 16.7 Å². The minimum Gasteiger partial charge on any atom is -0.448 e. The number of fused-ring (bicyclic) bond motifs is 1. The number of hydrogen-bond acceptors (Lipinski definition) is 6. The van der Waals surface area contributed by atoms with Crippen LogP contribution in [0.4, 0.5) is 5.69 Å². The molecule has 1 aliphatic heterocycles. The summed E-state index contributed by atoms with van der Waals surface area (Å²) in [6.07, 6.45) is 5.28. The molecule has 5 rings (SSSR count). The number of nitrogens with one attached hydrogen (secondary N) is 1. The van der Waals surface area contributed by atoms with E-state index in [1.807, 2.05) is 49.4 Å². The van der Waals surface area contributed by atoms with Gasteiger partial charge >= 0.3 is 0 Å². The highest BCUT2D eigenvalue weighted by Gasteiger charge is 2.42. The number of thiazole rings is 1. The number of aromatic nitrogens is 1. The first-order valence-corrected chi connectivity index (χ1v) is 12.4. The molecule has 1 N–H and O–H groups in total. The Morgan fingerprint density at radius 2 is 1.94 bits per heavy atom. The molecule has 2 heterocycles. The van der Waals surface area contributed by atoms with Crippen LogP contribution in [0.2, 0.25) is 0 Å². The maximum Gasteiger partial charge on any atom is 0.256 e. The van der Waals surface area contributed by atoms with Gasteiger partial charge in [-0.15, -0.1) is 23.1 Å². The Morgan fingerprint density at radius 1 is 1.13 bits per heavy atom. The molecule has 1 amide bonds. The molecule has 1 aliphatic carbocycles. The van der Waals surface area contributed by atoms with Crippen molar-refractivity contribution in [1.82, 2.24) is 4.98 Å². The Bertz CT molecular complexity index is 1110. The monoisotopic (exact) mass is 452 g/mol. The molecule has 2 aliphatic rings. The van der Waals surface area contributed by atoms with E-state index in [1.165, 1.54) is 6.42 Å². The number of hydrogen-bond donors (Lipinski definition) is 1. The van der Waals surface area contributed by atoms with Crippen LogP contribution in [-0.2, 0) is 5.75 Å². The van der Waals surface area contributed by atoms with Gasteiger partial charge in [0.1, 0.15) is 0 Å². The van der Waals surface area contributed by atoms with Crippen molar-refractivity contribution in [3.63, 3.8) is 0 Å². The van der Waals surface area contributed by atoms with Gasteiger partial charge in [0.2, 0.25) is 0 Å². The van der Waals surface area contributed by atoms with E-state index in [9.17, 15) is 4.79 Å². The first-order chi connectivity index (χ1) is 15.1. The lowest BCUT2D eigenvalue weighted by Gasteiger charge is -2.31. The first kappa shape index (κ1) is 20.4. The quantitative estimate of drug-likeness (QED) is 0.452. The van der Waals surface area contributed by atoms with Gasteiger partial charge in [0.25, 0.3) is 11.7 Å². The molecular formula is C24H24N2O3S2. The second-order valence-electron chi connectivity index (χ2n) is 7.93. The fourth-order valence-corrected chi connectivity index (χ4v) is 5.73. The largest absolute Gasteiger partial charge is 0.448 e. The van der Waals surface area contributed by atoms with Gasteiger partial charge in [-0.2, -0.15) is 0 Å². The molecule has 0 bridgehead atoms. The van der Waals surface area contributed by atoms with Crippen molar-refractivity contribution in [1.29, 1.82) is 0 Å². The minimum atomic E-state index is -0.513. The Kier molecular flexibility index (Phi) is 5.63. The van der Waals surface area contributed by atoms with Gasteiger partial charge in [-0.3, -0.25) is 4.79 Å². The lowest BCUT2D eigenvalue weighted by Crippen LogP contribution is -2.40. The molecule has 7 heteroatoms. The van der Waals surface area contributed by atoms with Crippen molar-refractivity contribution in [3.8, 4) is 11.5 Å². The average molecular weight is 453 g/mol. The van der Waals surface area contributed by atoms with Gasteiger partial charge in [0.05, 0.1) is 16.3 Å². The molecule has 0 unspecified atom stereocenters. The lowest BCUT2D eigenvalue weighted by molar-refractivity contribution is -0.105. The number of rotatable bonds is 5. The molecule has 3 aromatic rings. The lowest BCUT2D eigenvalue weighted by atomic mass is 9.94. The molecule has 1 fully saturated rings. The highest BCUT2D eigenvalue weighted by atomic mass is 32.2. The van der Waals surface area contributed by atoms with E-state index in [0.29, 0.717) is 17.0 Å². The molecular weight excluding hydrogens is 428 g/mol. The summed E-state index contributed by atoms with van der Waals surface area (Å²) in [6.45, 7) is 2.00. The van der Waals surface area contributed by atoms with Crippen LogP contribution in [0.1, 0.15) is 53.2 Å². The average Bonchev–Trinajstić information content (AvgIpc) is 3.35. The van der Waals surface area contributed by atoms with Crippen LogP contribution < -0.4 is 14.8 Å². The molecule has 1 spiro atoms. The number of nitrogens with zero attached hydrogens (tertiary/aromatic N) is 1. The summed E-state index contributed by atoms with van der Waals surface area (Å²) in [6, 6.07) is 13.3. The Balaban J connectivity index is 1.29. The van der Waals surface area contributed by atoms with Crippen LogP contribution in [0.15, 0.2) is 52.7 Å². The summed E-state index contributed by atoms with van der Waals surface area (Å²) in [5.74, 6) is 1.56. The van der Waals surface area contributed by atoms with E-state index < -0.39 is 5.79 Å². The topological polar surface area (TPSA) is 60.5 Å². The number of aryl methyl sites for hydroxylation is 1. The van der Waals surface area contributed by atoms with Gasteiger partial charge in [-0.25, -0.2) is 4.98 Å². The molecule has 31 heavy (non-hydrogen) atoms. The van der Waals surface area contributed by atoms with Gasteiger partial charge in [-0.1, -0.05) is 18.6 Å². The van der Waals surface area contributed by atoms with Crippen molar-refractivity contribution in [2.45, 2.75) is 55.5 Å². The normalized spacial score (nSPS) is 16.4. The maximum atomic E-state index is 13.0. The van der Waals surface area contributed by atoms with Crippen molar-refractivity contribution >= 4 is 34.7 Å².